The molecule has 7 nitrogen and oxygen atoms in total. The summed E-state index contributed by atoms with van der Waals surface area (Å²) >= 11 is -1.16. The Morgan fingerprint density at radius 3 is 2.83 bits per heavy atom. The molecule has 2 N–H and O–H groups in total. The maximum Gasteiger partial charge on any atom is 0.293 e. The van der Waals surface area contributed by atoms with Crippen molar-refractivity contribution in [2.45, 2.75) is 13.2 Å². The van der Waals surface area contributed by atoms with Gasteiger partial charge >= 0.3 is 0 Å². The molecule has 0 aliphatic rings. The van der Waals surface area contributed by atoms with Crippen molar-refractivity contribution in [2.75, 3.05) is 23.4 Å². The molecule has 1 aromatic heterocycles. The van der Waals surface area contributed by atoms with Gasteiger partial charge in [0.05, 0.1) is 22.7 Å². The lowest BCUT2D eigenvalue weighted by Gasteiger charge is -2.14. The molecule has 0 saturated heterocycles. The first-order chi connectivity index (χ1) is 10.9. The second-order valence-electron chi connectivity index (χ2n) is 5.05. The van der Waals surface area contributed by atoms with Crippen LogP contribution in [0.2, 0.25) is 0 Å². The molecular formula is C15H20N4O3S. The van der Waals surface area contributed by atoms with Crippen molar-refractivity contribution in [3.63, 3.8) is 0 Å². The number of methoxy groups -OCH3 is 1. The summed E-state index contributed by atoms with van der Waals surface area (Å²) in [6, 6.07) is 7.36. The largest absolute Gasteiger partial charge is 0.593 e. The SMILES string of the molecule is COC(C)Nc1nc(-c2cccc(N[S+](C)[O-])c2)cn(C)c1=O. The lowest BCUT2D eigenvalue weighted by Crippen LogP contribution is -2.27. The summed E-state index contributed by atoms with van der Waals surface area (Å²) in [5.41, 5.74) is 1.92. The molecular weight excluding hydrogens is 316 g/mol. The number of nitrogens with zero attached hydrogens (tertiary/aromatic N) is 2. The van der Waals surface area contributed by atoms with Crippen molar-refractivity contribution in [3.05, 3.63) is 40.8 Å². The van der Waals surface area contributed by atoms with E-state index in [1.807, 2.05) is 24.3 Å². The van der Waals surface area contributed by atoms with Crippen LogP contribution in [0.1, 0.15) is 6.92 Å². The molecule has 0 spiro atoms. The Hall–Kier alpha value is -2.03. The molecule has 2 aromatic rings. The van der Waals surface area contributed by atoms with Crippen molar-refractivity contribution in [1.82, 2.24) is 9.55 Å². The Kier molecular flexibility index (Phi) is 5.64. The minimum absolute atomic E-state index is 0.219. The van der Waals surface area contributed by atoms with E-state index in [-0.39, 0.29) is 17.6 Å². The number of anilines is 2. The van der Waals surface area contributed by atoms with Gasteiger partial charge in [0.25, 0.3) is 5.56 Å². The molecule has 1 aromatic carbocycles. The van der Waals surface area contributed by atoms with Crippen molar-refractivity contribution in [2.24, 2.45) is 7.05 Å². The number of hydrogen-bond donors (Lipinski definition) is 2. The molecule has 124 valence electrons. The van der Waals surface area contributed by atoms with Crippen molar-refractivity contribution in [1.29, 1.82) is 0 Å². The minimum Gasteiger partial charge on any atom is -0.593 e. The standard InChI is InChI=1S/C15H20N4O3S/c1-10(22-3)16-14-15(20)19(2)9-13(17-14)11-6-5-7-12(8-11)18-23(4)21/h5-10,18H,1-4H3,(H,16,17). The van der Waals surface area contributed by atoms with Gasteiger partial charge in [-0.15, -0.1) is 0 Å². The highest BCUT2D eigenvalue weighted by Crippen LogP contribution is 2.21. The van der Waals surface area contributed by atoms with Crippen LogP contribution in [-0.4, -0.2) is 33.7 Å². The van der Waals surface area contributed by atoms with Gasteiger partial charge in [-0.05, 0) is 19.1 Å². The van der Waals surface area contributed by atoms with Gasteiger partial charge in [0.2, 0.25) is 0 Å². The molecule has 1 heterocycles. The van der Waals surface area contributed by atoms with Gasteiger partial charge in [-0.2, -0.15) is 0 Å². The van der Waals surface area contributed by atoms with Crippen LogP contribution in [-0.2, 0) is 23.1 Å². The number of ether oxygens (including phenoxy) is 1. The van der Waals surface area contributed by atoms with E-state index in [1.54, 1.807) is 33.5 Å². The molecule has 8 heteroatoms. The minimum atomic E-state index is -1.16. The highest BCUT2D eigenvalue weighted by atomic mass is 32.2. The predicted octanol–water partition coefficient (Wildman–Crippen LogP) is 1.56. The van der Waals surface area contributed by atoms with Gasteiger partial charge in [-0.1, -0.05) is 12.1 Å². The van der Waals surface area contributed by atoms with Gasteiger partial charge in [-0.25, -0.2) is 9.71 Å². The molecule has 0 aliphatic carbocycles. The van der Waals surface area contributed by atoms with E-state index in [2.05, 4.69) is 15.0 Å². The second-order valence-corrected chi connectivity index (χ2v) is 6.16. The monoisotopic (exact) mass is 336 g/mol. The van der Waals surface area contributed by atoms with Crippen LogP contribution in [0.5, 0.6) is 0 Å². The van der Waals surface area contributed by atoms with Gasteiger partial charge in [0.1, 0.15) is 12.5 Å². The van der Waals surface area contributed by atoms with Crippen LogP contribution < -0.4 is 15.6 Å². The maximum absolute atomic E-state index is 12.1. The number of aryl methyl sites for hydroxylation is 1. The number of benzene rings is 1. The Bertz CT molecular complexity index is 733. The first-order valence-electron chi connectivity index (χ1n) is 6.98. The maximum atomic E-state index is 12.1. The van der Waals surface area contributed by atoms with E-state index < -0.39 is 11.4 Å². The average Bonchev–Trinajstić information content (AvgIpc) is 2.51. The molecule has 0 aliphatic heterocycles. The quantitative estimate of drug-likeness (QED) is 0.614. The summed E-state index contributed by atoms with van der Waals surface area (Å²) < 4.78 is 20.7. The molecule has 0 amide bonds. The third-order valence-corrected chi connectivity index (χ3v) is 3.71. The average molecular weight is 336 g/mol. The zero-order valence-electron chi connectivity index (χ0n) is 13.5. The summed E-state index contributed by atoms with van der Waals surface area (Å²) in [6.07, 6.45) is 2.89. The van der Waals surface area contributed by atoms with Crippen LogP contribution in [0.25, 0.3) is 11.3 Å². The summed E-state index contributed by atoms with van der Waals surface area (Å²) in [5, 5.41) is 2.93. The lowest BCUT2D eigenvalue weighted by atomic mass is 10.1. The van der Waals surface area contributed by atoms with E-state index in [1.165, 1.54) is 4.57 Å². The summed E-state index contributed by atoms with van der Waals surface area (Å²) in [6.45, 7) is 1.79. The van der Waals surface area contributed by atoms with E-state index in [4.69, 9.17) is 4.74 Å². The molecule has 0 fully saturated rings. The van der Waals surface area contributed by atoms with Crippen LogP contribution in [0.15, 0.2) is 35.3 Å². The van der Waals surface area contributed by atoms with E-state index in [0.717, 1.165) is 11.3 Å². The molecule has 0 saturated carbocycles. The fourth-order valence-electron chi connectivity index (χ4n) is 2.00. The van der Waals surface area contributed by atoms with Crippen LogP contribution in [0.3, 0.4) is 0 Å². The second kappa shape index (κ2) is 7.49. The normalized spacial score (nSPS) is 13.4. The first-order valence-corrected chi connectivity index (χ1v) is 8.54. The molecule has 2 atom stereocenters. The molecule has 0 bridgehead atoms. The van der Waals surface area contributed by atoms with Gasteiger partial charge < -0.3 is 19.2 Å². The van der Waals surface area contributed by atoms with Gasteiger partial charge in [0.15, 0.2) is 5.82 Å². The van der Waals surface area contributed by atoms with Crippen molar-refractivity contribution >= 4 is 22.9 Å². The topological polar surface area (TPSA) is 91.2 Å². The summed E-state index contributed by atoms with van der Waals surface area (Å²) in [7, 11) is 3.21. The Labute approximate surface area is 138 Å². The highest BCUT2D eigenvalue weighted by molar-refractivity contribution is 7.92. The molecule has 0 radical (unpaired) electrons. The van der Waals surface area contributed by atoms with Crippen LogP contribution >= 0.6 is 0 Å². The number of hydrogen-bond acceptors (Lipinski definition) is 6. The third-order valence-electron chi connectivity index (χ3n) is 3.18. The fourth-order valence-corrected chi connectivity index (χ4v) is 2.46. The first kappa shape index (κ1) is 17.3. The van der Waals surface area contributed by atoms with Gasteiger partial charge in [-0.3, -0.25) is 4.79 Å². The zero-order valence-corrected chi connectivity index (χ0v) is 14.3. The molecule has 2 rings (SSSR count). The van der Waals surface area contributed by atoms with E-state index in [9.17, 15) is 9.35 Å². The summed E-state index contributed by atoms with van der Waals surface area (Å²) in [5.74, 6) is 0.219. The van der Waals surface area contributed by atoms with Crippen molar-refractivity contribution < 1.29 is 9.29 Å². The number of nitrogens with one attached hydrogen (secondary N) is 2. The zero-order chi connectivity index (χ0) is 17.0. The fraction of sp³-hybridized carbons (Fsp3) is 0.333. The summed E-state index contributed by atoms with van der Waals surface area (Å²) in [4.78, 5) is 16.5. The van der Waals surface area contributed by atoms with Crippen LogP contribution in [0.4, 0.5) is 11.5 Å². The predicted molar refractivity (Wildman–Crippen MR) is 92.7 cm³/mol. The van der Waals surface area contributed by atoms with E-state index >= 15 is 0 Å². The molecule has 23 heavy (non-hydrogen) atoms. The smallest absolute Gasteiger partial charge is 0.293 e. The highest BCUT2D eigenvalue weighted by Gasteiger charge is 2.11. The third kappa shape index (κ3) is 4.47. The lowest BCUT2D eigenvalue weighted by molar-refractivity contribution is 0.140. The van der Waals surface area contributed by atoms with Crippen molar-refractivity contribution in [3.8, 4) is 11.3 Å². The van der Waals surface area contributed by atoms with Crippen LogP contribution in [0, 0.1) is 0 Å². The number of aromatic nitrogens is 2. The van der Waals surface area contributed by atoms with E-state index in [0.29, 0.717) is 5.69 Å². The Morgan fingerprint density at radius 2 is 2.17 bits per heavy atom. The van der Waals surface area contributed by atoms with Gasteiger partial charge in [0, 0.05) is 25.9 Å². The number of rotatable bonds is 6. The Balaban J connectivity index is 2.41. The Morgan fingerprint density at radius 1 is 1.43 bits per heavy atom. The molecule has 2 unspecified atom stereocenters.